The van der Waals surface area contributed by atoms with Gasteiger partial charge in [0.15, 0.2) is 5.13 Å². The Labute approximate surface area is 202 Å². The second-order valence-corrected chi connectivity index (χ2v) is 8.60. The van der Waals surface area contributed by atoms with E-state index in [0.717, 1.165) is 35.6 Å². The molecule has 0 spiro atoms. The fourth-order valence-electron chi connectivity index (χ4n) is 3.72. The largest absolute Gasteiger partial charge is 0.367 e. The van der Waals surface area contributed by atoms with E-state index in [4.69, 9.17) is 11.2 Å². The van der Waals surface area contributed by atoms with Gasteiger partial charge in [-0.3, -0.25) is 14.9 Å². The molecule has 0 bridgehead atoms. The molecule has 2 amide bonds. The van der Waals surface area contributed by atoms with Crippen LogP contribution < -0.4 is 10.2 Å². The molecule has 9 heteroatoms. The van der Waals surface area contributed by atoms with E-state index in [0.29, 0.717) is 30.5 Å². The molecule has 4 rings (SSSR count). The van der Waals surface area contributed by atoms with Gasteiger partial charge in [-0.25, -0.2) is 9.97 Å². The number of nitrogens with one attached hydrogen (secondary N) is 1. The van der Waals surface area contributed by atoms with Crippen LogP contribution in [0.15, 0.2) is 48.0 Å². The molecule has 0 aliphatic carbocycles. The number of terminal acetylenes is 1. The number of pyridine rings is 1. The number of ether oxygens (including phenoxy) is 1. The number of rotatable bonds is 7. The predicted octanol–water partition coefficient (Wildman–Crippen LogP) is 3.28. The highest BCUT2D eigenvalue weighted by Crippen LogP contribution is 2.28. The van der Waals surface area contributed by atoms with Gasteiger partial charge in [0.25, 0.3) is 5.91 Å². The van der Waals surface area contributed by atoms with Crippen molar-refractivity contribution in [2.45, 2.75) is 13.5 Å². The zero-order valence-electron chi connectivity index (χ0n) is 18.9. The van der Waals surface area contributed by atoms with E-state index in [1.165, 1.54) is 11.3 Å². The van der Waals surface area contributed by atoms with E-state index in [9.17, 15) is 9.59 Å². The molecule has 2 aromatic heterocycles. The zero-order chi connectivity index (χ0) is 23.9. The van der Waals surface area contributed by atoms with Crippen LogP contribution in [0, 0.1) is 12.3 Å². The van der Waals surface area contributed by atoms with Crippen molar-refractivity contribution in [3.8, 4) is 23.6 Å². The lowest BCUT2D eigenvalue weighted by Crippen LogP contribution is -2.48. The number of anilines is 2. The summed E-state index contributed by atoms with van der Waals surface area (Å²) in [7, 11) is 0. The summed E-state index contributed by atoms with van der Waals surface area (Å²) in [6.07, 6.45) is 6.95. The first-order chi connectivity index (χ1) is 16.5. The molecule has 1 N–H and O–H groups in total. The van der Waals surface area contributed by atoms with Crippen LogP contribution in [0.25, 0.3) is 11.3 Å². The SMILES string of the molecule is C#CCOCc1ccccc1-c1csc(NC(=O)c2ccc(N3CCN(C(C)=O)CC3)cn2)n1. The fourth-order valence-corrected chi connectivity index (χ4v) is 4.42. The van der Waals surface area contributed by atoms with Gasteiger partial charge in [-0.05, 0) is 17.7 Å². The molecule has 1 aromatic carbocycles. The van der Waals surface area contributed by atoms with E-state index >= 15 is 0 Å². The zero-order valence-corrected chi connectivity index (χ0v) is 19.7. The molecule has 1 fully saturated rings. The van der Waals surface area contributed by atoms with Crippen LogP contribution in [0.1, 0.15) is 23.0 Å². The van der Waals surface area contributed by atoms with Crippen LogP contribution in [-0.4, -0.2) is 59.5 Å². The maximum absolute atomic E-state index is 12.7. The first-order valence-corrected chi connectivity index (χ1v) is 11.8. The van der Waals surface area contributed by atoms with Crippen LogP contribution in [0.2, 0.25) is 0 Å². The van der Waals surface area contributed by atoms with Gasteiger partial charge in [0.05, 0.1) is 24.2 Å². The van der Waals surface area contributed by atoms with Crippen LogP contribution in [0.4, 0.5) is 10.8 Å². The Kier molecular flexibility index (Phi) is 7.52. The maximum Gasteiger partial charge on any atom is 0.276 e. The Hall–Kier alpha value is -3.74. The molecule has 0 radical (unpaired) electrons. The van der Waals surface area contributed by atoms with E-state index in [1.807, 2.05) is 40.6 Å². The summed E-state index contributed by atoms with van der Waals surface area (Å²) in [4.78, 5) is 37.1. The Bertz CT molecular complexity index is 1190. The number of carbonyl (C=O) groups is 2. The van der Waals surface area contributed by atoms with Gasteiger partial charge in [-0.2, -0.15) is 0 Å². The number of hydrogen-bond donors (Lipinski definition) is 1. The van der Waals surface area contributed by atoms with E-state index in [2.05, 4.69) is 26.1 Å². The first-order valence-electron chi connectivity index (χ1n) is 10.9. The molecule has 3 aromatic rings. The van der Waals surface area contributed by atoms with Crippen molar-refractivity contribution in [2.75, 3.05) is 43.0 Å². The summed E-state index contributed by atoms with van der Waals surface area (Å²) >= 11 is 1.35. The molecule has 0 unspecified atom stereocenters. The van der Waals surface area contributed by atoms with Crippen molar-refractivity contribution in [2.24, 2.45) is 0 Å². The molecular formula is C25H25N5O3S. The van der Waals surface area contributed by atoms with Crippen LogP contribution in [0.5, 0.6) is 0 Å². The summed E-state index contributed by atoms with van der Waals surface area (Å²) in [5.41, 5.74) is 3.91. The van der Waals surface area contributed by atoms with E-state index in [-0.39, 0.29) is 18.4 Å². The number of hydrogen-bond acceptors (Lipinski definition) is 7. The molecule has 34 heavy (non-hydrogen) atoms. The second kappa shape index (κ2) is 10.9. The Balaban J connectivity index is 1.38. The normalized spacial score (nSPS) is 13.4. The third-order valence-corrected chi connectivity index (χ3v) is 6.29. The summed E-state index contributed by atoms with van der Waals surface area (Å²) in [6.45, 7) is 5.07. The fraction of sp³-hybridized carbons (Fsp3) is 0.280. The van der Waals surface area contributed by atoms with Gasteiger partial charge in [0, 0.05) is 44.0 Å². The van der Waals surface area contributed by atoms with Crippen molar-refractivity contribution in [1.82, 2.24) is 14.9 Å². The molecule has 1 aliphatic heterocycles. The highest BCUT2D eigenvalue weighted by atomic mass is 32.1. The summed E-state index contributed by atoms with van der Waals surface area (Å²) in [5.74, 6) is 2.23. The number of aromatic nitrogens is 2. The lowest BCUT2D eigenvalue weighted by Gasteiger charge is -2.35. The van der Waals surface area contributed by atoms with E-state index in [1.54, 1.807) is 19.2 Å². The summed E-state index contributed by atoms with van der Waals surface area (Å²) in [6, 6.07) is 11.4. The average Bonchev–Trinajstić information content (AvgIpc) is 3.33. The lowest BCUT2D eigenvalue weighted by atomic mass is 10.1. The number of nitrogens with zero attached hydrogens (tertiary/aromatic N) is 4. The standard InChI is InChI=1S/C25H25N5O3S/c1-3-14-33-16-19-6-4-5-7-21(19)23-17-34-25(27-23)28-24(32)22-9-8-20(15-26-22)30-12-10-29(11-13-30)18(2)31/h1,4-9,15,17H,10-14,16H2,2H3,(H,27,28,32). The van der Waals surface area contributed by atoms with Gasteiger partial charge in [0.2, 0.25) is 5.91 Å². The minimum atomic E-state index is -0.320. The quantitative estimate of drug-likeness (QED) is 0.417. The molecule has 1 aliphatic rings. The molecular weight excluding hydrogens is 450 g/mol. The molecule has 0 atom stereocenters. The van der Waals surface area contributed by atoms with Crippen LogP contribution in [-0.2, 0) is 16.1 Å². The van der Waals surface area contributed by atoms with Gasteiger partial charge in [-0.1, -0.05) is 30.2 Å². The van der Waals surface area contributed by atoms with Crippen LogP contribution in [0.3, 0.4) is 0 Å². The number of piperazine rings is 1. The van der Waals surface area contributed by atoms with Crippen molar-refractivity contribution >= 4 is 34.0 Å². The van der Waals surface area contributed by atoms with E-state index < -0.39 is 0 Å². The van der Waals surface area contributed by atoms with Crippen molar-refractivity contribution in [3.63, 3.8) is 0 Å². The van der Waals surface area contributed by atoms with Gasteiger partial charge < -0.3 is 14.5 Å². The summed E-state index contributed by atoms with van der Waals surface area (Å²) in [5, 5.41) is 5.21. The van der Waals surface area contributed by atoms with Gasteiger partial charge in [-0.15, -0.1) is 17.8 Å². The van der Waals surface area contributed by atoms with Crippen molar-refractivity contribution < 1.29 is 14.3 Å². The summed E-state index contributed by atoms with van der Waals surface area (Å²) < 4.78 is 5.47. The second-order valence-electron chi connectivity index (χ2n) is 7.74. The number of thiazole rings is 1. The van der Waals surface area contributed by atoms with Crippen molar-refractivity contribution in [3.05, 3.63) is 59.2 Å². The highest BCUT2D eigenvalue weighted by Gasteiger charge is 2.19. The Morgan fingerprint density at radius 3 is 2.68 bits per heavy atom. The predicted molar refractivity (Wildman–Crippen MR) is 133 cm³/mol. The van der Waals surface area contributed by atoms with Crippen LogP contribution >= 0.6 is 11.3 Å². The average molecular weight is 476 g/mol. The molecule has 1 saturated heterocycles. The lowest BCUT2D eigenvalue weighted by molar-refractivity contribution is -0.129. The van der Waals surface area contributed by atoms with Gasteiger partial charge >= 0.3 is 0 Å². The smallest absolute Gasteiger partial charge is 0.276 e. The number of benzene rings is 1. The molecule has 8 nitrogen and oxygen atoms in total. The number of amides is 2. The first kappa shape index (κ1) is 23.4. The highest BCUT2D eigenvalue weighted by molar-refractivity contribution is 7.14. The number of carbonyl (C=O) groups excluding carboxylic acids is 2. The van der Waals surface area contributed by atoms with Crippen molar-refractivity contribution in [1.29, 1.82) is 0 Å². The molecule has 3 heterocycles. The monoisotopic (exact) mass is 475 g/mol. The third kappa shape index (κ3) is 5.60. The third-order valence-electron chi connectivity index (χ3n) is 5.53. The topological polar surface area (TPSA) is 87.7 Å². The minimum Gasteiger partial charge on any atom is -0.367 e. The Morgan fingerprint density at radius 1 is 1.18 bits per heavy atom. The minimum absolute atomic E-state index is 0.0934. The molecule has 0 saturated carbocycles. The van der Waals surface area contributed by atoms with Gasteiger partial charge in [0.1, 0.15) is 12.3 Å². The molecule has 174 valence electrons. The maximum atomic E-state index is 12.7. The Morgan fingerprint density at radius 2 is 1.97 bits per heavy atom.